The number of carbonyl (C=O) groups is 3. The summed E-state index contributed by atoms with van der Waals surface area (Å²) in [5, 5.41) is 0.889. The van der Waals surface area contributed by atoms with Crippen molar-refractivity contribution in [3.63, 3.8) is 0 Å². The first-order valence-electron chi connectivity index (χ1n) is 10.2. The van der Waals surface area contributed by atoms with Gasteiger partial charge in [0.25, 0.3) is 0 Å². The maximum Gasteiger partial charge on any atom is 0.339 e. The van der Waals surface area contributed by atoms with Crippen LogP contribution in [0.5, 0.6) is 5.75 Å². The van der Waals surface area contributed by atoms with Crippen molar-refractivity contribution < 1.29 is 28.6 Å². The van der Waals surface area contributed by atoms with Crippen LogP contribution in [0.1, 0.15) is 31.1 Å². The molecule has 1 aliphatic rings. The van der Waals surface area contributed by atoms with Gasteiger partial charge in [0.1, 0.15) is 31.0 Å². The van der Waals surface area contributed by atoms with E-state index in [1.165, 1.54) is 36.4 Å². The highest BCUT2D eigenvalue weighted by molar-refractivity contribution is 6.37. The highest BCUT2D eigenvalue weighted by Crippen LogP contribution is 2.36. The van der Waals surface area contributed by atoms with E-state index in [1.807, 2.05) is 0 Å². The highest BCUT2D eigenvalue weighted by Gasteiger charge is 2.47. The van der Waals surface area contributed by atoms with Gasteiger partial charge in [-0.3, -0.25) is 4.79 Å². The Balaban J connectivity index is 1.58. The molecule has 3 aromatic carbocycles. The number of carbonyl (C=O) groups excluding carboxylic acids is 3. The number of hydrogen-bond acceptors (Lipinski definition) is 6. The van der Waals surface area contributed by atoms with Crippen LogP contribution < -0.4 is 4.74 Å². The van der Waals surface area contributed by atoms with Crippen LogP contribution >= 0.6 is 46.4 Å². The fraction of sp³-hybridized carbons (Fsp3) is 0.160. The molecule has 3 aromatic rings. The van der Waals surface area contributed by atoms with Crippen LogP contribution in [0.25, 0.3) is 0 Å². The molecule has 1 heterocycles. The average Bonchev–Trinajstić information content (AvgIpc) is 2.83. The van der Waals surface area contributed by atoms with E-state index in [4.69, 9.17) is 60.6 Å². The lowest BCUT2D eigenvalue weighted by molar-refractivity contribution is -0.0172. The number of Topliss-reactive ketones (excluding diaryl/α,β-unsaturated/α-hetero) is 1. The molecule has 0 atom stereocenters. The molecule has 4 rings (SSSR count). The Morgan fingerprint density at radius 2 is 1.31 bits per heavy atom. The minimum absolute atomic E-state index is 0.0701. The standard InChI is InChI=1S/C25H16Cl4O6/c26-14-5-7-16(19(28)9-14)23(31)34-12-25(11-33-21-4-2-1-3-18(21)22(25)30)13-35-24(32)17-8-6-15(27)10-20(17)29/h1-10H,11-13H2. The van der Waals surface area contributed by atoms with Crippen LogP contribution in [0, 0.1) is 5.41 Å². The molecule has 35 heavy (non-hydrogen) atoms. The lowest BCUT2D eigenvalue weighted by Gasteiger charge is -2.35. The molecule has 0 N–H and O–H groups in total. The second-order valence-corrected chi connectivity index (χ2v) is 9.48. The molecule has 1 aliphatic heterocycles. The summed E-state index contributed by atoms with van der Waals surface area (Å²) in [5.41, 5.74) is -1.08. The third-order valence-electron chi connectivity index (χ3n) is 5.38. The quantitative estimate of drug-likeness (QED) is 0.321. The molecular weight excluding hydrogens is 538 g/mol. The van der Waals surface area contributed by atoms with Crippen LogP contribution in [0.15, 0.2) is 60.7 Å². The van der Waals surface area contributed by atoms with Crippen molar-refractivity contribution in [3.05, 3.63) is 97.4 Å². The number of hydrogen-bond donors (Lipinski definition) is 0. The van der Waals surface area contributed by atoms with E-state index in [0.717, 1.165) is 0 Å². The Labute approximate surface area is 220 Å². The van der Waals surface area contributed by atoms with E-state index < -0.39 is 36.4 Å². The summed E-state index contributed by atoms with van der Waals surface area (Å²) in [6.07, 6.45) is 0. The van der Waals surface area contributed by atoms with Crippen LogP contribution in [0.2, 0.25) is 20.1 Å². The fourth-order valence-corrected chi connectivity index (χ4v) is 4.45. The molecule has 0 amide bonds. The minimum Gasteiger partial charge on any atom is -0.491 e. The van der Waals surface area contributed by atoms with E-state index in [1.54, 1.807) is 24.3 Å². The molecule has 0 aromatic heterocycles. The van der Waals surface area contributed by atoms with Crippen LogP contribution in [0.4, 0.5) is 0 Å². The zero-order chi connectivity index (χ0) is 25.2. The topological polar surface area (TPSA) is 78.9 Å². The number of ketones is 1. The minimum atomic E-state index is -1.50. The van der Waals surface area contributed by atoms with Crippen molar-refractivity contribution in [1.29, 1.82) is 0 Å². The third kappa shape index (κ3) is 5.41. The normalized spacial score (nSPS) is 14.0. The molecule has 0 bridgehead atoms. The number of esters is 2. The van der Waals surface area contributed by atoms with Gasteiger partial charge < -0.3 is 14.2 Å². The largest absolute Gasteiger partial charge is 0.491 e. The molecule has 0 spiro atoms. The number of para-hydroxylation sites is 1. The summed E-state index contributed by atoms with van der Waals surface area (Å²) >= 11 is 24.0. The zero-order valence-electron chi connectivity index (χ0n) is 17.9. The van der Waals surface area contributed by atoms with Crippen molar-refractivity contribution in [2.45, 2.75) is 0 Å². The summed E-state index contributed by atoms with van der Waals surface area (Å²) in [7, 11) is 0. The Morgan fingerprint density at radius 1 is 0.800 bits per heavy atom. The molecule has 0 aliphatic carbocycles. The Bertz CT molecular complexity index is 1260. The van der Waals surface area contributed by atoms with Crippen molar-refractivity contribution in [1.82, 2.24) is 0 Å². The van der Waals surface area contributed by atoms with Gasteiger partial charge >= 0.3 is 11.9 Å². The van der Waals surface area contributed by atoms with Gasteiger partial charge in [0, 0.05) is 10.0 Å². The van der Waals surface area contributed by atoms with E-state index in [9.17, 15) is 14.4 Å². The lowest BCUT2D eigenvalue weighted by atomic mass is 9.80. The van der Waals surface area contributed by atoms with Crippen LogP contribution in [-0.2, 0) is 9.47 Å². The van der Waals surface area contributed by atoms with Gasteiger partial charge in [-0.2, -0.15) is 0 Å². The maximum atomic E-state index is 13.5. The molecule has 180 valence electrons. The summed E-state index contributed by atoms with van der Waals surface area (Å²) in [6, 6.07) is 15.2. The van der Waals surface area contributed by atoms with Crippen LogP contribution in [0.3, 0.4) is 0 Å². The number of rotatable bonds is 6. The van der Waals surface area contributed by atoms with Gasteiger partial charge in [-0.25, -0.2) is 9.59 Å². The molecule has 6 nitrogen and oxygen atoms in total. The van der Waals surface area contributed by atoms with Crippen LogP contribution in [-0.4, -0.2) is 37.5 Å². The lowest BCUT2D eigenvalue weighted by Crippen LogP contribution is -2.49. The third-order valence-corrected chi connectivity index (χ3v) is 6.47. The molecule has 0 radical (unpaired) electrons. The molecule has 0 saturated heterocycles. The van der Waals surface area contributed by atoms with E-state index >= 15 is 0 Å². The van der Waals surface area contributed by atoms with Gasteiger partial charge in [-0.05, 0) is 48.5 Å². The van der Waals surface area contributed by atoms with E-state index in [-0.39, 0.29) is 33.3 Å². The molecule has 0 saturated carbocycles. The molecule has 10 heteroatoms. The van der Waals surface area contributed by atoms with Crippen molar-refractivity contribution in [2.24, 2.45) is 5.41 Å². The molecule has 0 fully saturated rings. The first-order chi connectivity index (χ1) is 16.7. The number of fused-ring (bicyclic) bond motifs is 1. The molecular formula is C25H16Cl4O6. The summed E-state index contributed by atoms with van der Waals surface area (Å²) in [5.74, 6) is -1.56. The Morgan fingerprint density at radius 3 is 1.83 bits per heavy atom. The van der Waals surface area contributed by atoms with Gasteiger partial charge in [0.2, 0.25) is 0 Å². The maximum absolute atomic E-state index is 13.5. The van der Waals surface area contributed by atoms with Crippen molar-refractivity contribution in [2.75, 3.05) is 19.8 Å². The van der Waals surface area contributed by atoms with Gasteiger partial charge in [0.15, 0.2) is 5.78 Å². The Hall–Kier alpha value is -2.77. The predicted molar refractivity (Wildman–Crippen MR) is 132 cm³/mol. The van der Waals surface area contributed by atoms with E-state index in [2.05, 4.69) is 0 Å². The number of halogens is 4. The van der Waals surface area contributed by atoms with Gasteiger partial charge in [-0.15, -0.1) is 0 Å². The summed E-state index contributed by atoms with van der Waals surface area (Å²) in [6.45, 7) is -1.05. The smallest absolute Gasteiger partial charge is 0.339 e. The van der Waals surface area contributed by atoms with E-state index in [0.29, 0.717) is 15.8 Å². The Kier molecular flexibility index (Phi) is 7.57. The monoisotopic (exact) mass is 552 g/mol. The first kappa shape index (κ1) is 25.3. The number of ether oxygens (including phenoxy) is 3. The average molecular weight is 554 g/mol. The second-order valence-electron chi connectivity index (χ2n) is 7.79. The zero-order valence-corrected chi connectivity index (χ0v) is 20.9. The van der Waals surface area contributed by atoms with Gasteiger partial charge in [0.05, 0.1) is 26.7 Å². The number of benzene rings is 3. The highest BCUT2D eigenvalue weighted by atomic mass is 35.5. The first-order valence-corrected chi connectivity index (χ1v) is 11.7. The van der Waals surface area contributed by atoms with Gasteiger partial charge in [-0.1, -0.05) is 58.5 Å². The predicted octanol–water partition coefficient (Wildman–Crippen LogP) is 6.58. The van der Waals surface area contributed by atoms with Crippen molar-refractivity contribution in [3.8, 4) is 5.75 Å². The van der Waals surface area contributed by atoms with Crippen molar-refractivity contribution >= 4 is 64.1 Å². The fourth-order valence-electron chi connectivity index (χ4n) is 3.48. The summed E-state index contributed by atoms with van der Waals surface area (Å²) in [4.78, 5) is 38.9. The molecule has 0 unspecified atom stereocenters. The SMILES string of the molecule is O=C(OCC1(COC(=O)c2ccc(Cl)cc2Cl)COc2ccccc2C1=O)c1ccc(Cl)cc1Cl. The summed E-state index contributed by atoms with van der Waals surface area (Å²) < 4.78 is 16.7. The second kappa shape index (κ2) is 10.5.